The molecule has 2 amide bonds. The number of rotatable bonds is 20. The Bertz CT molecular complexity index is 1310. The third kappa shape index (κ3) is 12.9. The van der Waals surface area contributed by atoms with Crippen molar-refractivity contribution in [1.82, 2.24) is 10.6 Å². The number of carbonyl (C=O) groups excluding carboxylic acids is 4. The molecule has 0 aliphatic carbocycles. The zero-order chi connectivity index (χ0) is 33.9. The van der Waals surface area contributed by atoms with Gasteiger partial charge in [-0.05, 0) is 63.1 Å². The van der Waals surface area contributed by atoms with Crippen LogP contribution in [0.5, 0.6) is 0 Å². The summed E-state index contributed by atoms with van der Waals surface area (Å²) in [4.78, 5) is 49.4. The molecular formula is C35H45BrN3O6PS2. The molecule has 0 aliphatic rings. The topological polar surface area (TPSA) is 137 Å². The zero-order valence-corrected chi connectivity index (χ0v) is 31.5. The van der Waals surface area contributed by atoms with Crippen molar-refractivity contribution in [3.8, 4) is 0 Å². The second-order valence-electron chi connectivity index (χ2n) is 10.5. The van der Waals surface area contributed by atoms with Gasteiger partial charge in [-0.25, -0.2) is 0 Å². The summed E-state index contributed by atoms with van der Waals surface area (Å²) in [5.74, 6) is -0.931. The number of benzene rings is 3. The van der Waals surface area contributed by atoms with Gasteiger partial charge in [-0.3, -0.25) is 19.2 Å². The van der Waals surface area contributed by atoms with E-state index in [1.54, 1.807) is 24.6 Å². The van der Waals surface area contributed by atoms with E-state index in [9.17, 15) is 19.2 Å². The molecule has 4 N–H and O–H groups in total. The molecule has 3 rings (SSSR count). The average molecular weight is 779 g/mol. The van der Waals surface area contributed by atoms with Crippen LogP contribution in [0.15, 0.2) is 91.0 Å². The summed E-state index contributed by atoms with van der Waals surface area (Å²) in [6.07, 6.45) is 1.93. The maximum atomic E-state index is 13.0. The van der Waals surface area contributed by atoms with Gasteiger partial charge >= 0.3 is 11.9 Å². The lowest BCUT2D eigenvalue weighted by atomic mass is 10.1. The number of halogens is 1. The van der Waals surface area contributed by atoms with E-state index in [-0.39, 0.29) is 55.3 Å². The smallest absolute Gasteiger partial charge is 0.325 e. The van der Waals surface area contributed by atoms with Crippen molar-refractivity contribution in [3.05, 3.63) is 91.0 Å². The van der Waals surface area contributed by atoms with Gasteiger partial charge < -0.3 is 42.8 Å². The van der Waals surface area contributed by atoms with E-state index in [1.165, 1.54) is 26.7 Å². The van der Waals surface area contributed by atoms with Crippen LogP contribution in [0.4, 0.5) is 0 Å². The highest BCUT2D eigenvalue weighted by atomic mass is 79.9. The Morgan fingerprint density at radius 2 is 1.31 bits per heavy atom. The molecule has 3 aromatic rings. The second-order valence-corrected chi connectivity index (χ2v) is 16.8. The van der Waals surface area contributed by atoms with Crippen molar-refractivity contribution in [2.75, 3.05) is 37.4 Å². The highest BCUT2D eigenvalue weighted by Crippen LogP contribution is 2.56. The zero-order valence-electron chi connectivity index (χ0n) is 27.3. The molecule has 3 aromatic carbocycles. The Balaban J connectivity index is 0.00000800. The van der Waals surface area contributed by atoms with Crippen molar-refractivity contribution in [3.63, 3.8) is 0 Å². The van der Waals surface area contributed by atoms with Gasteiger partial charge in [-0.15, -0.1) is 0 Å². The molecule has 260 valence electrons. The number of nitrogens with one attached hydrogen (secondary N) is 2. The van der Waals surface area contributed by atoms with Gasteiger partial charge in [0.05, 0.1) is 19.4 Å². The molecule has 0 fully saturated rings. The Morgan fingerprint density at radius 1 is 0.792 bits per heavy atom. The number of hydrogen-bond acceptors (Lipinski definition) is 9. The van der Waals surface area contributed by atoms with Gasteiger partial charge in [0.15, 0.2) is 0 Å². The summed E-state index contributed by atoms with van der Waals surface area (Å²) in [5, 5.41) is 9.29. The van der Waals surface area contributed by atoms with Crippen molar-refractivity contribution < 1.29 is 45.6 Å². The van der Waals surface area contributed by atoms with E-state index in [4.69, 9.17) is 15.2 Å². The predicted octanol–water partition coefficient (Wildman–Crippen LogP) is 0.591. The second kappa shape index (κ2) is 22.7. The van der Waals surface area contributed by atoms with Crippen molar-refractivity contribution >= 4 is 68.5 Å². The lowest BCUT2D eigenvalue weighted by Gasteiger charge is -2.27. The van der Waals surface area contributed by atoms with E-state index >= 15 is 0 Å². The van der Waals surface area contributed by atoms with Gasteiger partial charge in [0.1, 0.15) is 41.8 Å². The van der Waals surface area contributed by atoms with Crippen LogP contribution in [0, 0.1) is 0 Å². The van der Waals surface area contributed by atoms with Crippen molar-refractivity contribution in [2.45, 2.75) is 45.2 Å². The lowest BCUT2D eigenvalue weighted by Crippen LogP contribution is -3.00. The van der Waals surface area contributed by atoms with Crippen LogP contribution >= 0.6 is 28.9 Å². The molecule has 2 atom stereocenters. The highest BCUT2D eigenvalue weighted by Gasteiger charge is 2.44. The van der Waals surface area contributed by atoms with E-state index in [0.717, 1.165) is 18.3 Å². The van der Waals surface area contributed by atoms with E-state index in [2.05, 4.69) is 83.4 Å². The molecule has 0 bridgehead atoms. The first-order valence-corrected chi connectivity index (χ1v) is 20.2. The molecule has 9 nitrogen and oxygen atoms in total. The molecule has 48 heavy (non-hydrogen) atoms. The first kappa shape index (κ1) is 41.3. The van der Waals surface area contributed by atoms with Gasteiger partial charge in [-0.1, -0.05) is 76.2 Å². The normalized spacial score (nSPS) is 12.1. The first-order valence-electron chi connectivity index (χ1n) is 15.8. The standard InChI is InChI=1S/C35H44N3O6PS2.BrH/c1-3-43-33(40)25-37-34(41)31(38-32(39)22-21-30(36)35(42)44-4-2)26-47-46-24-14-23-45(27-15-8-5-9-16-27,28-17-10-6-11-18-28)29-19-12-7-13-20-29;/h5-13,15-20,30-31H,3-4,14,21-26,36H2,1-2H3,(H-,37,38,39,41);1H. The van der Waals surface area contributed by atoms with Crippen LogP contribution in [0.3, 0.4) is 0 Å². The summed E-state index contributed by atoms with van der Waals surface area (Å²) in [5.41, 5.74) is 5.83. The Hall–Kier alpha value is -2.89. The van der Waals surface area contributed by atoms with Gasteiger partial charge in [0.25, 0.3) is 0 Å². The highest BCUT2D eigenvalue weighted by molar-refractivity contribution is 8.76. The molecule has 0 spiro atoms. The molecule has 0 radical (unpaired) electrons. The fourth-order valence-corrected chi connectivity index (χ4v) is 11.8. The molecule has 0 aliphatic heterocycles. The minimum absolute atomic E-state index is 0. The minimum atomic E-state index is -1.94. The van der Waals surface area contributed by atoms with Gasteiger partial charge in [-0.2, -0.15) is 0 Å². The van der Waals surface area contributed by atoms with Crippen LogP contribution in [0.1, 0.15) is 33.1 Å². The number of esters is 2. The largest absolute Gasteiger partial charge is 1.00 e. The lowest BCUT2D eigenvalue weighted by molar-refractivity contribution is -0.145. The van der Waals surface area contributed by atoms with Crippen LogP contribution in [0.25, 0.3) is 0 Å². The number of nitrogens with two attached hydrogens (primary N) is 1. The van der Waals surface area contributed by atoms with Crippen molar-refractivity contribution in [2.24, 2.45) is 5.73 Å². The van der Waals surface area contributed by atoms with Gasteiger partial charge in [0, 0.05) is 17.9 Å². The number of ether oxygens (including phenoxy) is 2. The molecule has 13 heteroatoms. The fourth-order valence-electron chi connectivity index (χ4n) is 5.02. The summed E-state index contributed by atoms with van der Waals surface area (Å²) in [7, 11) is 1.19. The van der Waals surface area contributed by atoms with E-state index < -0.39 is 43.1 Å². The Morgan fingerprint density at radius 3 is 1.81 bits per heavy atom. The number of amides is 2. The maximum Gasteiger partial charge on any atom is 0.325 e. The third-order valence-corrected chi connectivity index (χ3v) is 14.3. The van der Waals surface area contributed by atoms with E-state index in [0.29, 0.717) is 0 Å². The van der Waals surface area contributed by atoms with E-state index in [1.807, 2.05) is 18.2 Å². The van der Waals surface area contributed by atoms with Crippen LogP contribution in [-0.2, 0) is 28.7 Å². The van der Waals surface area contributed by atoms with Gasteiger partial charge in [0.2, 0.25) is 11.8 Å². The minimum Gasteiger partial charge on any atom is -1.00 e. The molecule has 0 saturated heterocycles. The third-order valence-electron chi connectivity index (χ3n) is 7.27. The SMILES string of the molecule is CCOC(=O)CNC(=O)C(CSSCCC[P+](c1ccccc1)(c1ccccc1)c1ccccc1)NC(=O)CCC(N)C(=O)OCC.[Br-]. The molecular weight excluding hydrogens is 733 g/mol. The molecule has 0 aromatic heterocycles. The summed E-state index contributed by atoms with van der Waals surface area (Å²) < 4.78 is 9.81. The van der Waals surface area contributed by atoms with Crippen LogP contribution in [-0.4, -0.2) is 73.3 Å². The van der Waals surface area contributed by atoms with Crippen LogP contribution in [0.2, 0.25) is 0 Å². The fraction of sp³-hybridized carbons (Fsp3) is 0.371. The monoisotopic (exact) mass is 777 g/mol. The Kier molecular flexibility index (Phi) is 19.5. The molecule has 0 heterocycles. The van der Waals surface area contributed by atoms with Crippen LogP contribution < -0.4 is 49.3 Å². The van der Waals surface area contributed by atoms with Crippen molar-refractivity contribution in [1.29, 1.82) is 0 Å². The summed E-state index contributed by atoms with van der Waals surface area (Å²) in [6, 6.07) is 30.3. The summed E-state index contributed by atoms with van der Waals surface area (Å²) in [6.45, 7) is 3.46. The number of hydrogen-bond donors (Lipinski definition) is 3. The Labute approximate surface area is 302 Å². The first-order chi connectivity index (χ1) is 22.8. The maximum absolute atomic E-state index is 13.0. The quantitative estimate of drug-likeness (QED) is 0.0653. The predicted molar refractivity (Wildman–Crippen MR) is 195 cm³/mol. The summed E-state index contributed by atoms with van der Waals surface area (Å²) >= 11 is 0. The molecule has 2 unspecified atom stereocenters. The number of carbonyl (C=O) groups is 4. The average Bonchev–Trinajstić information content (AvgIpc) is 3.10. The molecule has 0 saturated carbocycles.